The molecule has 1 aromatic carbocycles. The molecule has 6 heteroatoms. The Morgan fingerprint density at radius 2 is 2.21 bits per heavy atom. The molecule has 2 aromatic rings. The highest BCUT2D eigenvalue weighted by molar-refractivity contribution is 6.01. The molecular weight excluding hydrogens is 306 g/mol. The highest BCUT2D eigenvalue weighted by atomic mass is 16.5. The zero-order valence-corrected chi connectivity index (χ0v) is 14.5. The van der Waals surface area contributed by atoms with Gasteiger partial charge < -0.3 is 19.7 Å². The summed E-state index contributed by atoms with van der Waals surface area (Å²) in [6.45, 7) is 4.28. The van der Waals surface area contributed by atoms with E-state index in [2.05, 4.69) is 9.88 Å². The van der Waals surface area contributed by atoms with Crippen molar-refractivity contribution in [3.63, 3.8) is 0 Å². The first-order valence-corrected chi connectivity index (χ1v) is 8.31. The number of carbonyl (C=O) groups excluding carboxylic acids is 1. The summed E-state index contributed by atoms with van der Waals surface area (Å²) in [7, 11) is 3.68. The van der Waals surface area contributed by atoms with Crippen molar-refractivity contribution in [3.05, 3.63) is 29.5 Å². The van der Waals surface area contributed by atoms with E-state index in [-0.39, 0.29) is 18.6 Å². The summed E-state index contributed by atoms with van der Waals surface area (Å²) in [5.41, 5.74) is 2.54. The number of piperazine rings is 1. The van der Waals surface area contributed by atoms with Crippen LogP contribution in [0.3, 0.4) is 0 Å². The number of aromatic amines is 1. The fourth-order valence-corrected chi connectivity index (χ4v) is 3.40. The van der Waals surface area contributed by atoms with Gasteiger partial charge in [0, 0.05) is 43.2 Å². The van der Waals surface area contributed by atoms with Gasteiger partial charge in [0.15, 0.2) is 0 Å². The van der Waals surface area contributed by atoms with Gasteiger partial charge >= 0.3 is 0 Å². The van der Waals surface area contributed by atoms with E-state index in [0.29, 0.717) is 25.2 Å². The summed E-state index contributed by atoms with van der Waals surface area (Å²) < 4.78 is 5.28. The van der Waals surface area contributed by atoms with Gasteiger partial charge in [0.1, 0.15) is 11.4 Å². The molecule has 1 saturated heterocycles. The lowest BCUT2D eigenvalue weighted by atomic mass is 10.1. The minimum atomic E-state index is 0.0266. The van der Waals surface area contributed by atoms with Crippen molar-refractivity contribution in [2.45, 2.75) is 19.4 Å². The number of hydrogen-bond acceptors (Lipinski definition) is 4. The summed E-state index contributed by atoms with van der Waals surface area (Å²) in [6.07, 6.45) is 0.684. The molecule has 0 bridgehead atoms. The van der Waals surface area contributed by atoms with Gasteiger partial charge in [-0.25, -0.2) is 0 Å². The second-order valence-electron chi connectivity index (χ2n) is 6.43. The predicted octanol–water partition coefficient (Wildman–Crippen LogP) is 1.62. The summed E-state index contributed by atoms with van der Waals surface area (Å²) in [5.74, 6) is 0.810. The first-order chi connectivity index (χ1) is 11.5. The van der Waals surface area contributed by atoms with Crippen LogP contribution >= 0.6 is 0 Å². The van der Waals surface area contributed by atoms with Crippen LogP contribution in [0.4, 0.5) is 0 Å². The van der Waals surface area contributed by atoms with E-state index >= 15 is 0 Å². The third-order valence-corrected chi connectivity index (χ3v) is 5.01. The van der Waals surface area contributed by atoms with E-state index in [1.165, 1.54) is 0 Å². The molecule has 1 aliphatic heterocycles. The van der Waals surface area contributed by atoms with Crippen LogP contribution in [0, 0.1) is 6.92 Å². The maximum Gasteiger partial charge on any atom is 0.270 e. The summed E-state index contributed by atoms with van der Waals surface area (Å²) in [5, 5.41) is 10.2. The van der Waals surface area contributed by atoms with Crippen LogP contribution in [-0.2, 0) is 0 Å². The van der Waals surface area contributed by atoms with E-state index < -0.39 is 0 Å². The number of benzene rings is 1. The van der Waals surface area contributed by atoms with Crippen LogP contribution in [0.25, 0.3) is 10.9 Å². The Hall–Kier alpha value is -2.05. The smallest absolute Gasteiger partial charge is 0.270 e. The number of aromatic nitrogens is 1. The number of aliphatic hydroxyl groups excluding tert-OH is 1. The number of ether oxygens (including phenoxy) is 1. The molecule has 1 aliphatic rings. The summed E-state index contributed by atoms with van der Waals surface area (Å²) in [4.78, 5) is 20.3. The van der Waals surface area contributed by atoms with Crippen LogP contribution in [0.5, 0.6) is 5.75 Å². The number of nitrogens with zero attached hydrogens (tertiary/aromatic N) is 2. The number of amides is 1. The molecule has 3 rings (SSSR count). The van der Waals surface area contributed by atoms with Crippen molar-refractivity contribution in [1.29, 1.82) is 0 Å². The molecule has 0 radical (unpaired) electrons. The largest absolute Gasteiger partial charge is 0.497 e. The van der Waals surface area contributed by atoms with Crippen molar-refractivity contribution in [2.24, 2.45) is 0 Å². The van der Waals surface area contributed by atoms with Gasteiger partial charge in [0.05, 0.1) is 7.11 Å². The Balaban J connectivity index is 1.87. The third kappa shape index (κ3) is 2.99. The molecule has 0 spiro atoms. The molecule has 130 valence electrons. The Bertz CT molecular complexity index is 740. The zero-order valence-electron chi connectivity index (χ0n) is 14.5. The topological polar surface area (TPSA) is 68.8 Å². The van der Waals surface area contributed by atoms with Crippen LogP contribution in [-0.4, -0.2) is 72.2 Å². The Kier molecular flexibility index (Phi) is 4.78. The molecule has 2 heterocycles. The number of likely N-dealkylation sites (N-methyl/N-ethyl adjacent to an activating group) is 1. The first-order valence-electron chi connectivity index (χ1n) is 8.31. The second kappa shape index (κ2) is 6.83. The van der Waals surface area contributed by atoms with Gasteiger partial charge in [-0.05, 0) is 44.2 Å². The number of aliphatic hydroxyl groups is 1. The maximum atomic E-state index is 13.0. The van der Waals surface area contributed by atoms with Crippen molar-refractivity contribution < 1.29 is 14.6 Å². The molecular formula is C18H25N3O3. The number of rotatable bonds is 4. The number of carbonyl (C=O) groups is 1. The molecule has 2 N–H and O–H groups in total. The summed E-state index contributed by atoms with van der Waals surface area (Å²) in [6, 6.07) is 5.99. The number of aryl methyl sites for hydroxylation is 1. The molecule has 24 heavy (non-hydrogen) atoms. The lowest BCUT2D eigenvalue weighted by Gasteiger charge is -2.39. The minimum absolute atomic E-state index is 0.0266. The fourth-order valence-electron chi connectivity index (χ4n) is 3.40. The fraction of sp³-hybridized carbons (Fsp3) is 0.500. The van der Waals surface area contributed by atoms with E-state index in [4.69, 9.17) is 4.74 Å². The van der Waals surface area contributed by atoms with Crippen molar-refractivity contribution in [2.75, 3.05) is 40.4 Å². The Labute approximate surface area is 142 Å². The van der Waals surface area contributed by atoms with Crippen LogP contribution in [0.1, 0.15) is 22.5 Å². The SMILES string of the molecule is COc1ccc2[nH]c(C(=O)N3CCN(C)[C@H](CCO)C3)c(C)c2c1. The normalized spacial score (nSPS) is 19.0. The molecule has 1 fully saturated rings. The van der Waals surface area contributed by atoms with Gasteiger partial charge in [0.25, 0.3) is 5.91 Å². The lowest BCUT2D eigenvalue weighted by Crippen LogP contribution is -2.53. The van der Waals surface area contributed by atoms with E-state index in [1.54, 1.807) is 7.11 Å². The van der Waals surface area contributed by atoms with Crippen molar-refractivity contribution in [1.82, 2.24) is 14.8 Å². The Morgan fingerprint density at radius 1 is 1.42 bits per heavy atom. The molecule has 1 amide bonds. The second-order valence-corrected chi connectivity index (χ2v) is 6.43. The van der Waals surface area contributed by atoms with E-state index in [0.717, 1.165) is 28.8 Å². The lowest BCUT2D eigenvalue weighted by molar-refractivity contribution is 0.0495. The first kappa shape index (κ1) is 16.8. The molecule has 0 unspecified atom stereocenters. The number of H-pyrrole nitrogens is 1. The average molecular weight is 331 g/mol. The van der Waals surface area contributed by atoms with Gasteiger partial charge in [0.2, 0.25) is 0 Å². The molecule has 1 aromatic heterocycles. The van der Waals surface area contributed by atoms with Gasteiger partial charge in [-0.3, -0.25) is 9.69 Å². The monoisotopic (exact) mass is 331 g/mol. The van der Waals surface area contributed by atoms with E-state index in [1.807, 2.05) is 37.1 Å². The average Bonchev–Trinajstić information content (AvgIpc) is 2.92. The van der Waals surface area contributed by atoms with Gasteiger partial charge in [-0.1, -0.05) is 0 Å². The van der Waals surface area contributed by atoms with Crippen molar-refractivity contribution in [3.8, 4) is 5.75 Å². The quantitative estimate of drug-likeness (QED) is 0.893. The minimum Gasteiger partial charge on any atom is -0.497 e. The Morgan fingerprint density at radius 3 is 2.92 bits per heavy atom. The molecule has 0 saturated carbocycles. The molecule has 1 atom stereocenters. The number of methoxy groups -OCH3 is 1. The predicted molar refractivity (Wildman–Crippen MR) is 93.6 cm³/mol. The number of hydrogen-bond donors (Lipinski definition) is 2. The van der Waals surface area contributed by atoms with Gasteiger partial charge in [-0.2, -0.15) is 0 Å². The van der Waals surface area contributed by atoms with Crippen LogP contribution in [0.15, 0.2) is 18.2 Å². The number of fused-ring (bicyclic) bond motifs is 1. The number of nitrogens with one attached hydrogen (secondary N) is 1. The molecule has 0 aliphatic carbocycles. The standard InChI is InChI=1S/C18H25N3O3/c1-12-15-10-14(24-3)4-5-16(15)19-17(12)18(23)21-8-7-20(2)13(11-21)6-9-22/h4-5,10,13,19,22H,6-9,11H2,1-3H3/t13-/m1/s1. The van der Waals surface area contributed by atoms with Gasteiger partial charge in [-0.15, -0.1) is 0 Å². The molecule has 6 nitrogen and oxygen atoms in total. The maximum absolute atomic E-state index is 13.0. The van der Waals surface area contributed by atoms with Crippen LogP contribution in [0.2, 0.25) is 0 Å². The third-order valence-electron chi connectivity index (χ3n) is 5.01. The van der Waals surface area contributed by atoms with E-state index in [9.17, 15) is 9.90 Å². The van der Waals surface area contributed by atoms with Crippen LogP contribution < -0.4 is 4.74 Å². The summed E-state index contributed by atoms with van der Waals surface area (Å²) >= 11 is 0. The zero-order chi connectivity index (χ0) is 17.3. The van der Waals surface area contributed by atoms with Crippen molar-refractivity contribution >= 4 is 16.8 Å². The highest BCUT2D eigenvalue weighted by Gasteiger charge is 2.29. The highest BCUT2D eigenvalue weighted by Crippen LogP contribution is 2.27.